The first-order chi connectivity index (χ1) is 13.2. The van der Waals surface area contributed by atoms with Crippen molar-refractivity contribution in [1.29, 1.82) is 0 Å². The normalized spacial score (nSPS) is 22.8. The van der Waals surface area contributed by atoms with Crippen molar-refractivity contribution in [3.8, 4) is 0 Å². The van der Waals surface area contributed by atoms with Crippen LogP contribution in [0.1, 0.15) is 42.1 Å². The lowest BCUT2D eigenvalue weighted by Crippen LogP contribution is -2.48. The molecule has 2 fully saturated rings. The summed E-state index contributed by atoms with van der Waals surface area (Å²) in [6.07, 6.45) is 3.48. The van der Waals surface area contributed by atoms with Crippen molar-refractivity contribution < 1.29 is 9.18 Å². The number of amides is 1. The second kappa shape index (κ2) is 8.15. The number of carbonyl (C=O) groups excluding carboxylic acids is 1. The second-order valence-corrected chi connectivity index (χ2v) is 7.40. The number of likely N-dealkylation sites (tertiary alicyclic amines) is 1. The highest BCUT2D eigenvalue weighted by Gasteiger charge is 2.31. The molecule has 2 saturated heterocycles. The maximum atomic E-state index is 13.4. The van der Waals surface area contributed by atoms with E-state index >= 15 is 0 Å². The van der Waals surface area contributed by atoms with Crippen LogP contribution in [0.4, 0.5) is 4.39 Å². The van der Waals surface area contributed by atoms with Gasteiger partial charge in [0.05, 0.1) is 0 Å². The Bertz CT molecular complexity index is 806. The molecule has 2 atom stereocenters. The molecule has 0 bridgehead atoms. The molecule has 27 heavy (non-hydrogen) atoms. The van der Waals surface area contributed by atoms with Gasteiger partial charge in [-0.15, -0.1) is 0 Å². The average Bonchev–Trinajstić information content (AvgIpc) is 3.23. The largest absolute Gasteiger partial charge is 0.341 e. The van der Waals surface area contributed by atoms with Crippen LogP contribution in [-0.2, 0) is 11.2 Å². The van der Waals surface area contributed by atoms with Crippen LogP contribution in [0, 0.1) is 5.82 Å². The molecular formula is C21H25FN4O. The quantitative estimate of drug-likeness (QED) is 0.870. The standard InChI is InChI=1S/C21H25FN4O/c22-17-6-1-4-15(12-17)13-18-7-2-8-19(24-18)16-5-3-11-26(14-16)21(27)20-9-10-23-25-20/h1-2,4,6-8,12,16,20,23,25H,3,5,9-11,13-14H2. The van der Waals surface area contributed by atoms with E-state index < -0.39 is 0 Å². The van der Waals surface area contributed by atoms with Crippen LogP contribution < -0.4 is 10.9 Å². The molecule has 1 amide bonds. The maximum absolute atomic E-state index is 13.4. The summed E-state index contributed by atoms with van der Waals surface area (Å²) >= 11 is 0. The third-order valence-electron chi connectivity index (χ3n) is 5.39. The number of rotatable bonds is 4. The molecule has 1 aromatic heterocycles. The van der Waals surface area contributed by atoms with Gasteiger partial charge in [0.1, 0.15) is 11.9 Å². The molecule has 6 heteroatoms. The number of aromatic nitrogens is 1. The molecule has 5 nitrogen and oxygen atoms in total. The van der Waals surface area contributed by atoms with Gasteiger partial charge in [-0.1, -0.05) is 18.2 Å². The van der Waals surface area contributed by atoms with E-state index in [0.29, 0.717) is 13.0 Å². The van der Waals surface area contributed by atoms with Gasteiger partial charge in [0.2, 0.25) is 5.91 Å². The molecule has 1 aromatic carbocycles. The second-order valence-electron chi connectivity index (χ2n) is 7.40. The molecule has 2 N–H and O–H groups in total. The highest BCUT2D eigenvalue weighted by atomic mass is 19.1. The van der Waals surface area contributed by atoms with Crippen LogP contribution in [0.2, 0.25) is 0 Å². The van der Waals surface area contributed by atoms with Crippen molar-refractivity contribution in [2.45, 2.75) is 37.6 Å². The van der Waals surface area contributed by atoms with Crippen molar-refractivity contribution in [3.63, 3.8) is 0 Å². The number of hydrazine groups is 1. The zero-order chi connectivity index (χ0) is 18.6. The Morgan fingerprint density at radius 3 is 2.93 bits per heavy atom. The number of piperidine rings is 1. The van der Waals surface area contributed by atoms with E-state index in [0.717, 1.165) is 49.3 Å². The Morgan fingerprint density at radius 1 is 1.22 bits per heavy atom. The summed E-state index contributed by atoms with van der Waals surface area (Å²) in [6.45, 7) is 2.36. The lowest BCUT2D eigenvalue weighted by Gasteiger charge is -2.34. The van der Waals surface area contributed by atoms with Crippen LogP contribution in [0.15, 0.2) is 42.5 Å². The van der Waals surface area contributed by atoms with Crippen molar-refractivity contribution in [2.24, 2.45) is 0 Å². The van der Waals surface area contributed by atoms with E-state index in [-0.39, 0.29) is 23.7 Å². The molecule has 4 rings (SSSR count). The van der Waals surface area contributed by atoms with Crippen molar-refractivity contribution >= 4 is 5.91 Å². The lowest BCUT2D eigenvalue weighted by molar-refractivity contribution is -0.134. The minimum atomic E-state index is -0.222. The summed E-state index contributed by atoms with van der Waals surface area (Å²) in [5.41, 5.74) is 8.97. The van der Waals surface area contributed by atoms with E-state index in [4.69, 9.17) is 4.98 Å². The van der Waals surface area contributed by atoms with E-state index in [9.17, 15) is 9.18 Å². The third kappa shape index (κ3) is 4.34. The molecule has 2 aliphatic heterocycles. The smallest absolute Gasteiger partial charge is 0.241 e. The van der Waals surface area contributed by atoms with E-state index in [1.54, 1.807) is 12.1 Å². The van der Waals surface area contributed by atoms with Crippen LogP contribution in [-0.4, -0.2) is 41.5 Å². The summed E-state index contributed by atoms with van der Waals surface area (Å²) < 4.78 is 13.4. The number of pyridine rings is 1. The Balaban J connectivity index is 1.45. The van der Waals surface area contributed by atoms with Gasteiger partial charge < -0.3 is 4.90 Å². The summed E-state index contributed by atoms with van der Waals surface area (Å²) in [6, 6.07) is 12.6. The van der Waals surface area contributed by atoms with Gasteiger partial charge in [-0.3, -0.25) is 15.2 Å². The van der Waals surface area contributed by atoms with Crippen LogP contribution in [0.5, 0.6) is 0 Å². The summed E-state index contributed by atoms with van der Waals surface area (Å²) in [5.74, 6) is 0.213. The van der Waals surface area contributed by atoms with Crippen molar-refractivity contribution in [2.75, 3.05) is 19.6 Å². The molecule has 0 saturated carbocycles. The van der Waals surface area contributed by atoms with Crippen LogP contribution in [0.3, 0.4) is 0 Å². The molecule has 2 unspecified atom stereocenters. The average molecular weight is 368 g/mol. The number of nitrogens with one attached hydrogen (secondary N) is 2. The van der Waals surface area contributed by atoms with E-state index in [2.05, 4.69) is 10.9 Å². The number of hydrogen-bond acceptors (Lipinski definition) is 4. The molecule has 0 spiro atoms. The van der Waals surface area contributed by atoms with E-state index in [1.165, 1.54) is 6.07 Å². The topological polar surface area (TPSA) is 57.3 Å². The number of carbonyl (C=O) groups is 1. The fourth-order valence-corrected chi connectivity index (χ4v) is 3.99. The zero-order valence-electron chi connectivity index (χ0n) is 15.3. The SMILES string of the molecule is O=C(C1CCNN1)N1CCCC(c2cccc(Cc3cccc(F)c3)n2)C1. The predicted octanol–water partition coefficient (Wildman–Crippen LogP) is 2.38. The fourth-order valence-electron chi connectivity index (χ4n) is 3.99. The van der Waals surface area contributed by atoms with Crippen molar-refractivity contribution in [3.05, 3.63) is 65.2 Å². The molecule has 2 aromatic rings. The zero-order valence-corrected chi connectivity index (χ0v) is 15.3. The summed E-state index contributed by atoms with van der Waals surface area (Å²) in [5, 5.41) is 0. The fraction of sp³-hybridized carbons (Fsp3) is 0.429. The van der Waals surface area contributed by atoms with Gasteiger partial charge in [0.15, 0.2) is 0 Å². The van der Waals surface area contributed by atoms with Gasteiger partial charge >= 0.3 is 0 Å². The first-order valence-corrected chi connectivity index (χ1v) is 9.66. The van der Waals surface area contributed by atoms with Gasteiger partial charge in [-0.2, -0.15) is 0 Å². The first-order valence-electron chi connectivity index (χ1n) is 9.66. The predicted molar refractivity (Wildman–Crippen MR) is 102 cm³/mol. The lowest BCUT2D eigenvalue weighted by atomic mass is 9.93. The molecule has 142 valence electrons. The van der Waals surface area contributed by atoms with Gasteiger partial charge in [0.25, 0.3) is 0 Å². The highest BCUT2D eigenvalue weighted by molar-refractivity contribution is 5.82. The molecule has 0 radical (unpaired) electrons. The number of benzene rings is 1. The van der Waals surface area contributed by atoms with Crippen LogP contribution >= 0.6 is 0 Å². The Kier molecular flexibility index (Phi) is 5.45. The first kappa shape index (κ1) is 18.1. The third-order valence-corrected chi connectivity index (χ3v) is 5.39. The van der Waals surface area contributed by atoms with Crippen molar-refractivity contribution in [1.82, 2.24) is 20.7 Å². The van der Waals surface area contributed by atoms with Crippen LogP contribution in [0.25, 0.3) is 0 Å². The van der Waals surface area contributed by atoms with Gasteiger partial charge in [-0.05, 0) is 49.1 Å². The van der Waals surface area contributed by atoms with Gasteiger partial charge in [0, 0.05) is 43.4 Å². The number of halogens is 1. The molecule has 0 aliphatic carbocycles. The highest BCUT2D eigenvalue weighted by Crippen LogP contribution is 2.27. The maximum Gasteiger partial charge on any atom is 0.241 e. The summed E-state index contributed by atoms with van der Waals surface area (Å²) in [7, 11) is 0. The molecule has 2 aliphatic rings. The van der Waals surface area contributed by atoms with Gasteiger partial charge in [-0.25, -0.2) is 9.82 Å². The minimum absolute atomic E-state index is 0.115. The van der Waals surface area contributed by atoms with E-state index in [1.807, 2.05) is 29.2 Å². The molecule has 3 heterocycles. The minimum Gasteiger partial charge on any atom is -0.341 e. The molecular weight excluding hydrogens is 343 g/mol. The number of hydrogen-bond donors (Lipinski definition) is 2. The Morgan fingerprint density at radius 2 is 2.11 bits per heavy atom. The monoisotopic (exact) mass is 368 g/mol. The number of nitrogens with zero attached hydrogens (tertiary/aromatic N) is 2. The Labute approximate surface area is 159 Å². The summed E-state index contributed by atoms with van der Waals surface area (Å²) in [4.78, 5) is 19.5. The Hall–Kier alpha value is -2.31.